The van der Waals surface area contributed by atoms with Crippen molar-refractivity contribution in [2.45, 2.75) is 12.3 Å². The molecule has 2 amide bonds. The van der Waals surface area contributed by atoms with Crippen LogP contribution in [0.5, 0.6) is 11.5 Å². The Hall–Kier alpha value is -3.84. The second kappa shape index (κ2) is 7.39. The highest BCUT2D eigenvalue weighted by Gasteiger charge is 2.59. The molecule has 1 spiro atoms. The van der Waals surface area contributed by atoms with E-state index in [1.807, 2.05) is 48.5 Å². The topological polar surface area (TPSA) is 68.3 Å². The monoisotopic (exact) mass is 430 g/mol. The van der Waals surface area contributed by atoms with Crippen molar-refractivity contribution in [1.29, 1.82) is 0 Å². The molecular weight excluding hydrogens is 408 g/mol. The molecule has 7 heteroatoms. The zero-order valence-corrected chi connectivity index (χ0v) is 18.0. The first-order valence-corrected chi connectivity index (χ1v) is 10.2. The number of carbonyl (C=O) groups is 2. The number of benzene rings is 3. The Balaban J connectivity index is 1.76. The van der Waals surface area contributed by atoms with Gasteiger partial charge in [-0.25, -0.2) is 0 Å². The van der Waals surface area contributed by atoms with Crippen molar-refractivity contribution in [2.75, 3.05) is 31.1 Å². The molecule has 0 saturated heterocycles. The molecule has 32 heavy (non-hydrogen) atoms. The van der Waals surface area contributed by atoms with Crippen LogP contribution in [0.25, 0.3) is 0 Å². The Bertz CT molecular complexity index is 1220. The lowest BCUT2D eigenvalue weighted by Gasteiger charge is -2.43. The molecule has 162 valence electrons. The average Bonchev–Trinajstić information content (AvgIpc) is 3.05. The molecule has 0 aliphatic carbocycles. The van der Waals surface area contributed by atoms with Crippen LogP contribution in [-0.4, -0.2) is 33.1 Å². The molecule has 1 atom stereocenters. The maximum absolute atomic E-state index is 14.1. The van der Waals surface area contributed by atoms with Crippen molar-refractivity contribution in [2.24, 2.45) is 0 Å². The number of methoxy groups -OCH3 is 2. The lowest BCUT2D eigenvalue weighted by Crippen LogP contribution is -2.59. The molecule has 5 rings (SSSR count). The van der Waals surface area contributed by atoms with Gasteiger partial charge in [-0.3, -0.25) is 14.5 Å². The number of amides is 2. The fraction of sp³-hybridized carbons (Fsp3) is 0.200. The minimum atomic E-state index is -1.60. The summed E-state index contributed by atoms with van der Waals surface area (Å²) < 4.78 is 17.0. The molecule has 0 aromatic heterocycles. The molecule has 3 aromatic rings. The van der Waals surface area contributed by atoms with Gasteiger partial charge in [0.25, 0.3) is 17.5 Å². The van der Waals surface area contributed by atoms with Gasteiger partial charge < -0.3 is 19.1 Å². The normalized spacial score (nSPS) is 19.0. The molecule has 0 fully saturated rings. The molecular formula is C25H22N2O5. The van der Waals surface area contributed by atoms with Crippen LogP contribution in [0.2, 0.25) is 0 Å². The van der Waals surface area contributed by atoms with E-state index >= 15 is 0 Å². The Morgan fingerprint density at radius 1 is 0.938 bits per heavy atom. The zero-order chi connectivity index (χ0) is 22.5. The van der Waals surface area contributed by atoms with Crippen molar-refractivity contribution in [1.82, 2.24) is 0 Å². The molecule has 2 aliphatic rings. The van der Waals surface area contributed by atoms with Crippen LogP contribution in [-0.2, 0) is 21.9 Å². The summed E-state index contributed by atoms with van der Waals surface area (Å²) in [5, 5.41) is 0. The number of para-hydroxylation sites is 2. The van der Waals surface area contributed by atoms with Crippen LogP contribution >= 0.6 is 0 Å². The van der Waals surface area contributed by atoms with E-state index < -0.39 is 11.6 Å². The summed E-state index contributed by atoms with van der Waals surface area (Å²) in [4.78, 5) is 30.8. The third-order valence-electron chi connectivity index (χ3n) is 6.01. The average molecular weight is 430 g/mol. The molecule has 0 N–H and O–H groups in total. The van der Waals surface area contributed by atoms with E-state index in [1.165, 1.54) is 24.0 Å². The number of rotatable bonds is 3. The summed E-state index contributed by atoms with van der Waals surface area (Å²) in [7, 11) is 4.74. The van der Waals surface area contributed by atoms with Gasteiger partial charge in [-0.05, 0) is 24.3 Å². The third-order valence-corrected chi connectivity index (χ3v) is 6.01. The lowest BCUT2D eigenvalue weighted by molar-refractivity contribution is -0.146. The van der Waals surface area contributed by atoms with Gasteiger partial charge in [-0.1, -0.05) is 36.4 Å². The molecule has 7 nitrogen and oxygen atoms in total. The van der Waals surface area contributed by atoms with Gasteiger partial charge in [-0.15, -0.1) is 0 Å². The van der Waals surface area contributed by atoms with Crippen molar-refractivity contribution >= 4 is 23.2 Å². The predicted molar refractivity (Wildman–Crippen MR) is 119 cm³/mol. The summed E-state index contributed by atoms with van der Waals surface area (Å²) in [6, 6.07) is 19.8. The highest BCUT2D eigenvalue weighted by Crippen LogP contribution is 2.50. The number of nitrogens with zero attached hydrogens (tertiary/aromatic N) is 2. The van der Waals surface area contributed by atoms with Gasteiger partial charge in [0, 0.05) is 29.8 Å². The highest BCUT2D eigenvalue weighted by molar-refractivity contribution is 6.17. The van der Waals surface area contributed by atoms with Crippen LogP contribution in [0.15, 0.2) is 66.7 Å². The van der Waals surface area contributed by atoms with Crippen molar-refractivity contribution in [3.05, 3.63) is 83.4 Å². The van der Waals surface area contributed by atoms with Crippen LogP contribution in [0.3, 0.4) is 0 Å². The summed E-state index contributed by atoms with van der Waals surface area (Å²) >= 11 is 0. The van der Waals surface area contributed by atoms with E-state index in [9.17, 15) is 9.59 Å². The first kappa shape index (κ1) is 20.1. The minimum absolute atomic E-state index is 0.204. The molecule has 0 unspecified atom stereocenters. The van der Waals surface area contributed by atoms with E-state index in [-0.39, 0.29) is 12.5 Å². The van der Waals surface area contributed by atoms with Crippen LogP contribution in [0, 0.1) is 0 Å². The van der Waals surface area contributed by atoms with E-state index in [0.29, 0.717) is 34.0 Å². The molecule has 0 radical (unpaired) electrons. The third kappa shape index (κ3) is 2.71. The van der Waals surface area contributed by atoms with Gasteiger partial charge in [0.05, 0.1) is 32.2 Å². The van der Waals surface area contributed by atoms with Crippen molar-refractivity contribution in [3.8, 4) is 11.5 Å². The fourth-order valence-electron chi connectivity index (χ4n) is 4.44. The van der Waals surface area contributed by atoms with Gasteiger partial charge in [-0.2, -0.15) is 0 Å². The SMILES string of the molecule is COc1cc(OC)cc(C(=O)N2c3ccccc3CO[C@]23C(=O)N(C)c2ccccc23)c1. The quantitative estimate of drug-likeness (QED) is 0.634. The van der Waals surface area contributed by atoms with Gasteiger partial charge >= 0.3 is 0 Å². The van der Waals surface area contributed by atoms with Gasteiger partial charge in [0.2, 0.25) is 0 Å². The minimum Gasteiger partial charge on any atom is -0.497 e. The van der Waals surface area contributed by atoms with Crippen LogP contribution < -0.4 is 19.3 Å². The number of hydrogen-bond donors (Lipinski definition) is 0. The zero-order valence-electron chi connectivity index (χ0n) is 18.0. The Kier molecular flexibility index (Phi) is 4.64. The van der Waals surface area contributed by atoms with E-state index in [0.717, 1.165) is 5.56 Å². The smallest absolute Gasteiger partial charge is 0.285 e. The van der Waals surface area contributed by atoms with Crippen molar-refractivity contribution in [3.63, 3.8) is 0 Å². The predicted octanol–water partition coefficient (Wildman–Crippen LogP) is 3.71. The molecule has 0 saturated carbocycles. The number of carbonyl (C=O) groups excluding carboxylic acids is 2. The summed E-state index contributed by atoms with van der Waals surface area (Å²) in [6.45, 7) is 0.204. The summed E-state index contributed by atoms with van der Waals surface area (Å²) in [5.41, 5.74) is 1.50. The summed E-state index contributed by atoms with van der Waals surface area (Å²) in [5.74, 6) is 0.232. The number of likely N-dealkylation sites (N-methyl/N-ethyl adjacent to an activating group) is 1. The van der Waals surface area contributed by atoms with Gasteiger partial charge in [0.1, 0.15) is 11.5 Å². The largest absolute Gasteiger partial charge is 0.497 e. The summed E-state index contributed by atoms with van der Waals surface area (Å²) in [6.07, 6.45) is 0. The lowest BCUT2D eigenvalue weighted by atomic mass is 9.96. The van der Waals surface area contributed by atoms with Crippen LogP contribution in [0.4, 0.5) is 11.4 Å². The second-order valence-electron chi connectivity index (χ2n) is 7.68. The van der Waals surface area contributed by atoms with E-state index in [4.69, 9.17) is 14.2 Å². The van der Waals surface area contributed by atoms with E-state index in [2.05, 4.69) is 0 Å². The molecule has 2 aliphatic heterocycles. The molecule has 3 aromatic carbocycles. The maximum Gasteiger partial charge on any atom is 0.285 e. The molecule has 2 heterocycles. The number of anilines is 2. The Morgan fingerprint density at radius 3 is 2.25 bits per heavy atom. The first-order valence-electron chi connectivity index (χ1n) is 10.2. The number of fused-ring (bicyclic) bond motifs is 3. The number of ether oxygens (including phenoxy) is 3. The first-order chi connectivity index (χ1) is 15.5. The Labute approximate surface area is 185 Å². The fourth-order valence-corrected chi connectivity index (χ4v) is 4.44. The maximum atomic E-state index is 14.1. The Morgan fingerprint density at radius 2 is 1.56 bits per heavy atom. The highest BCUT2D eigenvalue weighted by atomic mass is 16.5. The standard InChI is InChI=1S/C25H22N2O5/c1-26-22-11-7-5-9-20(22)25(24(26)29)27(21-10-6-4-8-16(21)15-32-25)23(28)17-12-18(30-2)14-19(13-17)31-3/h4-14H,15H2,1-3H3/t25-/m1/s1. The molecule has 0 bridgehead atoms. The second-order valence-corrected chi connectivity index (χ2v) is 7.68. The van der Waals surface area contributed by atoms with Crippen LogP contribution in [0.1, 0.15) is 21.5 Å². The number of hydrogen-bond acceptors (Lipinski definition) is 5. The van der Waals surface area contributed by atoms with Gasteiger partial charge in [0.15, 0.2) is 0 Å². The van der Waals surface area contributed by atoms with Crippen molar-refractivity contribution < 1.29 is 23.8 Å². The van der Waals surface area contributed by atoms with E-state index in [1.54, 1.807) is 25.2 Å².